The van der Waals surface area contributed by atoms with Crippen LogP contribution in [0.5, 0.6) is 0 Å². The maximum atomic E-state index is 13.3. The van der Waals surface area contributed by atoms with Gasteiger partial charge in [0.25, 0.3) is 5.91 Å². The molecular formula is C29H29ClN4O3S. The molecule has 1 heterocycles. The first-order valence-corrected chi connectivity index (χ1v) is 13.9. The van der Waals surface area contributed by atoms with Crippen molar-refractivity contribution in [3.05, 3.63) is 119 Å². The number of hydrogen-bond acceptors (Lipinski definition) is 4. The number of carbonyl (C=O) groups excluding carboxylic acids is 1. The number of aryl methyl sites for hydroxylation is 1. The number of hydrogen-bond donors (Lipinski definition) is 1. The number of sulfonamides is 1. The van der Waals surface area contributed by atoms with Crippen molar-refractivity contribution in [2.75, 3.05) is 13.1 Å². The van der Waals surface area contributed by atoms with Crippen molar-refractivity contribution in [2.45, 2.75) is 25.2 Å². The van der Waals surface area contributed by atoms with Gasteiger partial charge in [0.2, 0.25) is 10.0 Å². The van der Waals surface area contributed by atoms with Crippen LogP contribution in [-0.2, 0) is 21.2 Å². The highest BCUT2D eigenvalue weighted by Crippen LogP contribution is 2.22. The van der Waals surface area contributed by atoms with Crippen LogP contribution in [-0.4, -0.2) is 42.5 Å². The molecule has 1 aromatic heterocycles. The van der Waals surface area contributed by atoms with E-state index in [-0.39, 0.29) is 18.0 Å². The Hall–Kier alpha value is -3.72. The van der Waals surface area contributed by atoms with Gasteiger partial charge in [-0.1, -0.05) is 66.2 Å². The van der Waals surface area contributed by atoms with E-state index in [1.807, 2.05) is 79.1 Å². The molecule has 4 rings (SSSR count). The van der Waals surface area contributed by atoms with E-state index in [4.69, 9.17) is 11.6 Å². The van der Waals surface area contributed by atoms with E-state index < -0.39 is 15.9 Å². The molecule has 4 aromatic rings. The van der Waals surface area contributed by atoms with Crippen LogP contribution < -0.4 is 5.43 Å². The van der Waals surface area contributed by atoms with Crippen molar-refractivity contribution in [3.8, 4) is 5.69 Å². The first-order chi connectivity index (χ1) is 18.3. The lowest BCUT2D eigenvalue weighted by atomic mass is 10.1. The van der Waals surface area contributed by atoms with E-state index in [2.05, 4.69) is 10.5 Å². The summed E-state index contributed by atoms with van der Waals surface area (Å²) >= 11 is 6.16. The van der Waals surface area contributed by atoms with E-state index >= 15 is 0 Å². The van der Waals surface area contributed by atoms with E-state index in [1.54, 1.807) is 24.4 Å². The van der Waals surface area contributed by atoms with Crippen LogP contribution in [0.1, 0.15) is 22.5 Å². The summed E-state index contributed by atoms with van der Waals surface area (Å²) in [5.41, 5.74) is 7.12. The van der Waals surface area contributed by atoms with Gasteiger partial charge in [0.15, 0.2) is 0 Å². The van der Waals surface area contributed by atoms with Crippen molar-refractivity contribution in [1.29, 1.82) is 0 Å². The van der Waals surface area contributed by atoms with Gasteiger partial charge in [-0.2, -0.15) is 9.41 Å². The minimum absolute atomic E-state index is 0.137. The predicted octanol–water partition coefficient (Wildman–Crippen LogP) is 5.13. The fourth-order valence-corrected chi connectivity index (χ4v) is 5.83. The van der Waals surface area contributed by atoms with Crippen LogP contribution in [0, 0.1) is 13.8 Å². The van der Waals surface area contributed by atoms with Crippen LogP contribution in [0.25, 0.3) is 5.69 Å². The highest BCUT2D eigenvalue weighted by atomic mass is 35.5. The first-order valence-electron chi connectivity index (χ1n) is 12.1. The zero-order valence-electron chi connectivity index (χ0n) is 21.2. The van der Waals surface area contributed by atoms with Crippen LogP contribution >= 0.6 is 11.6 Å². The molecule has 38 heavy (non-hydrogen) atoms. The monoisotopic (exact) mass is 548 g/mol. The summed E-state index contributed by atoms with van der Waals surface area (Å²) < 4.78 is 29.9. The molecule has 0 saturated carbocycles. The number of aromatic nitrogens is 1. The summed E-state index contributed by atoms with van der Waals surface area (Å²) in [5, 5.41) is 4.75. The molecule has 0 radical (unpaired) electrons. The second kappa shape index (κ2) is 12.2. The fourth-order valence-electron chi connectivity index (χ4n) is 4.22. The lowest BCUT2D eigenvalue weighted by molar-refractivity contribution is -0.121. The number of nitrogens with zero attached hydrogens (tertiary/aromatic N) is 3. The van der Waals surface area contributed by atoms with Crippen LogP contribution in [0.3, 0.4) is 0 Å². The van der Waals surface area contributed by atoms with Crippen LogP contribution in [0.2, 0.25) is 5.02 Å². The molecule has 0 saturated heterocycles. The Morgan fingerprint density at radius 2 is 1.66 bits per heavy atom. The minimum Gasteiger partial charge on any atom is -0.318 e. The Morgan fingerprint density at radius 3 is 2.34 bits per heavy atom. The number of halogens is 1. The lowest BCUT2D eigenvalue weighted by Gasteiger charge is -2.21. The predicted molar refractivity (Wildman–Crippen MR) is 151 cm³/mol. The lowest BCUT2D eigenvalue weighted by Crippen LogP contribution is -2.40. The molecule has 0 aliphatic rings. The third kappa shape index (κ3) is 6.58. The van der Waals surface area contributed by atoms with E-state index in [9.17, 15) is 13.2 Å². The molecule has 0 unspecified atom stereocenters. The number of nitrogens with one attached hydrogen (secondary N) is 1. The first kappa shape index (κ1) is 27.3. The van der Waals surface area contributed by atoms with Gasteiger partial charge < -0.3 is 4.57 Å². The largest absolute Gasteiger partial charge is 0.318 e. The van der Waals surface area contributed by atoms with Crippen molar-refractivity contribution < 1.29 is 13.2 Å². The topological polar surface area (TPSA) is 83.8 Å². The molecule has 3 aromatic carbocycles. The summed E-state index contributed by atoms with van der Waals surface area (Å²) in [6, 6.07) is 27.2. The number of rotatable bonds is 10. The molecule has 1 N–H and O–H groups in total. The Balaban J connectivity index is 1.48. The molecule has 9 heteroatoms. The Bertz CT molecular complexity index is 1530. The number of hydrazone groups is 1. The summed E-state index contributed by atoms with van der Waals surface area (Å²) in [6.07, 6.45) is 2.03. The maximum absolute atomic E-state index is 13.3. The van der Waals surface area contributed by atoms with Crippen molar-refractivity contribution in [1.82, 2.24) is 14.3 Å². The molecule has 7 nitrogen and oxygen atoms in total. The highest BCUT2D eigenvalue weighted by Gasteiger charge is 2.26. The van der Waals surface area contributed by atoms with Crippen molar-refractivity contribution in [2.24, 2.45) is 5.10 Å². The summed E-state index contributed by atoms with van der Waals surface area (Å²) in [6.45, 7) is 3.72. The zero-order valence-corrected chi connectivity index (χ0v) is 22.8. The second-order valence-corrected chi connectivity index (χ2v) is 11.2. The normalized spacial score (nSPS) is 11.8. The fraction of sp³-hybridized carbons (Fsp3) is 0.172. The highest BCUT2D eigenvalue weighted by molar-refractivity contribution is 7.89. The number of amides is 1. The van der Waals surface area contributed by atoms with Gasteiger partial charge in [0.05, 0.1) is 17.7 Å². The maximum Gasteiger partial charge on any atom is 0.255 e. The average Bonchev–Trinajstić information content (AvgIpc) is 3.20. The average molecular weight is 549 g/mol. The van der Waals surface area contributed by atoms with Gasteiger partial charge in [-0.3, -0.25) is 4.79 Å². The van der Waals surface area contributed by atoms with E-state index in [0.29, 0.717) is 11.4 Å². The van der Waals surface area contributed by atoms with Crippen LogP contribution in [0.4, 0.5) is 0 Å². The van der Waals surface area contributed by atoms with Gasteiger partial charge in [-0.15, -0.1) is 0 Å². The molecular weight excluding hydrogens is 520 g/mol. The summed E-state index contributed by atoms with van der Waals surface area (Å²) in [5.74, 6) is -0.530. The van der Waals surface area contributed by atoms with Crippen molar-refractivity contribution in [3.63, 3.8) is 0 Å². The molecule has 0 spiro atoms. The second-order valence-electron chi connectivity index (χ2n) is 8.82. The molecule has 196 valence electrons. The molecule has 0 atom stereocenters. The molecule has 0 aliphatic heterocycles. The molecule has 0 aliphatic carbocycles. The third-order valence-corrected chi connectivity index (χ3v) is 8.22. The quantitative estimate of drug-likeness (QED) is 0.220. The Kier molecular flexibility index (Phi) is 8.78. The van der Waals surface area contributed by atoms with E-state index in [1.165, 1.54) is 16.4 Å². The number of benzene rings is 3. The van der Waals surface area contributed by atoms with Crippen molar-refractivity contribution >= 4 is 33.7 Å². The molecule has 0 bridgehead atoms. The van der Waals surface area contributed by atoms with E-state index in [0.717, 1.165) is 28.2 Å². The summed E-state index contributed by atoms with van der Waals surface area (Å²) in [7, 11) is -3.88. The van der Waals surface area contributed by atoms with Gasteiger partial charge in [0, 0.05) is 34.2 Å². The van der Waals surface area contributed by atoms with Gasteiger partial charge in [0.1, 0.15) is 0 Å². The smallest absolute Gasteiger partial charge is 0.255 e. The summed E-state index contributed by atoms with van der Waals surface area (Å²) in [4.78, 5) is 12.9. The zero-order chi connectivity index (χ0) is 27.1. The Morgan fingerprint density at radius 1 is 0.974 bits per heavy atom. The molecule has 1 amide bonds. The SMILES string of the molecule is Cc1cc(/C=N/NC(=O)CN(CCc2ccccc2)S(=O)(=O)c2ccccc2)c(C)n1-c1cccc(Cl)c1. The van der Waals surface area contributed by atoms with Gasteiger partial charge >= 0.3 is 0 Å². The Labute approximate surface area is 228 Å². The molecule has 0 fully saturated rings. The van der Waals surface area contributed by atoms with Crippen LogP contribution in [0.15, 0.2) is 101 Å². The minimum atomic E-state index is -3.88. The van der Waals surface area contributed by atoms with Gasteiger partial charge in [-0.25, -0.2) is 13.8 Å². The van der Waals surface area contributed by atoms with Gasteiger partial charge in [-0.05, 0) is 62.2 Å². The number of carbonyl (C=O) groups is 1. The standard InChI is InChI=1S/C29H29ClN4O3S/c1-22-18-25(23(2)34(22)27-13-9-12-26(30)19-27)20-31-32-29(35)21-33(17-16-24-10-5-3-6-11-24)38(36,37)28-14-7-4-8-15-28/h3-15,18-20H,16-17,21H2,1-2H3,(H,32,35)/b31-20+. The third-order valence-electron chi connectivity index (χ3n) is 6.12.